The Hall–Kier alpha value is -3.85. The van der Waals surface area contributed by atoms with Gasteiger partial charge in [0.25, 0.3) is 15.6 Å². The summed E-state index contributed by atoms with van der Waals surface area (Å²) >= 11 is 0. The number of aromatic nitrogens is 3. The quantitative estimate of drug-likeness (QED) is 0.502. The minimum absolute atomic E-state index is 0.0895. The summed E-state index contributed by atoms with van der Waals surface area (Å²) in [7, 11) is -2.32. The highest BCUT2D eigenvalue weighted by molar-refractivity contribution is 7.92. The normalized spacial score (nSPS) is 13.2. The molecule has 0 atom stereocenters. The Labute approximate surface area is 191 Å². The lowest BCUT2D eigenvalue weighted by atomic mass is 10.1. The lowest BCUT2D eigenvalue weighted by molar-refractivity contribution is 0.411. The monoisotopic (exact) mass is 462 g/mol. The van der Waals surface area contributed by atoms with Crippen molar-refractivity contribution in [3.63, 3.8) is 0 Å². The average molecular weight is 463 g/mol. The van der Waals surface area contributed by atoms with Crippen LogP contribution in [0.1, 0.15) is 11.1 Å². The van der Waals surface area contributed by atoms with Crippen LogP contribution in [0, 0.1) is 6.92 Å². The Morgan fingerprint density at radius 3 is 2.55 bits per heavy atom. The number of nitrogens with zero attached hydrogens (tertiary/aromatic N) is 3. The molecule has 1 aliphatic heterocycles. The average Bonchev–Trinajstić information content (AvgIpc) is 3.05. The van der Waals surface area contributed by atoms with Crippen LogP contribution in [0.2, 0.25) is 0 Å². The SMILES string of the molecule is COc1ccccc1-n1[nH]c2c(c1=O)CCN(S(=O)(=O)c1ccc(C)cc1)c1ncccc1-2. The van der Waals surface area contributed by atoms with Crippen LogP contribution in [0.3, 0.4) is 0 Å². The van der Waals surface area contributed by atoms with Crippen molar-refractivity contribution in [1.29, 1.82) is 0 Å². The fourth-order valence-electron chi connectivity index (χ4n) is 4.09. The number of aryl methyl sites for hydroxylation is 1. The van der Waals surface area contributed by atoms with Gasteiger partial charge in [-0.25, -0.2) is 22.4 Å². The van der Waals surface area contributed by atoms with Gasteiger partial charge in [0.15, 0.2) is 5.82 Å². The Kier molecular flexibility index (Phi) is 5.05. The highest BCUT2D eigenvalue weighted by Crippen LogP contribution is 2.36. The molecule has 2 aromatic carbocycles. The Morgan fingerprint density at radius 1 is 1.03 bits per heavy atom. The fourth-order valence-corrected chi connectivity index (χ4v) is 5.53. The summed E-state index contributed by atoms with van der Waals surface area (Å²) < 4.78 is 35.2. The molecule has 0 unspecified atom stereocenters. The van der Waals surface area contributed by atoms with E-state index in [4.69, 9.17) is 4.74 Å². The van der Waals surface area contributed by atoms with Gasteiger partial charge < -0.3 is 4.74 Å². The molecule has 33 heavy (non-hydrogen) atoms. The zero-order valence-corrected chi connectivity index (χ0v) is 19.0. The maximum absolute atomic E-state index is 13.5. The predicted octanol–water partition coefficient (Wildman–Crippen LogP) is 3.30. The molecule has 5 rings (SSSR count). The van der Waals surface area contributed by atoms with E-state index in [1.54, 1.807) is 61.8 Å². The summed E-state index contributed by atoms with van der Waals surface area (Å²) in [6.07, 6.45) is 1.78. The van der Waals surface area contributed by atoms with Crippen LogP contribution >= 0.6 is 0 Å². The molecular formula is C24H22N4O4S. The molecule has 3 heterocycles. The van der Waals surface area contributed by atoms with E-state index in [0.29, 0.717) is 28.3 Å². The van der Waals surface area contributed by atoms with Crippen molar-refractivity contribution in [3.05, 3.63) is 88.3 Å². The van der Waals surface area contributed by atoms with E-state index < -0.39 is 10.0 Å². The van der Waals surface area contributed by atoms with Gasteiger partial charge in [-0.15, -0.1) is 0 Å². The van der Waals surface area contributed by atoms with Crippen LogP contribution < -0.4 is 14.6 Å². The van der Waals surface area contributed by atoms with Crippen molar-refractivity contribution >= 4 is 15.8 Å². The number of aromatic amines is 1. The zero-order valence-electron chi connectivity index (χ0n) is 18.1. The summed E-state index contributed by atoms with van der Waals surface area (Å²) in [5.74, 6) is 0.830. The Morgan fingerprint density at radius 2 is 1.79 bits per heavy atom. The van der Waals surface area contributed by atoms with Gasteiger partial charge in [0.05, 0.1) is 17.7 Å². The largest absolute Gasteiger partial charge is 0.494 e. The van der Waals surface area contributed by atoms with Gasteiger partial charge in [0.2, 0.25) is 0 Å². The van der Waals surface area contributed by atoms with Gasteiger partial charge in [-0.2, -0.15) is 0 Å². The van der Waals surface area contributed by atoms with E-state index >= 15 is 0 Å². The molecule has 0 bridgehead atoms. The van der Waals surface area contributed by atoms with Crippen LogP contribution in [-0.2, 0) is 16.4 Å². The van der Waals surface area contributed by atoms with Crippen LogP contribution in [0.5, 0.6) is 5.75 Å². The lowest BCUT2D eigenvalue weighted by Gasteiger charge is -2.23. The zero-order chi connectivity index (χ0) is 23.2. The molecule has 0 fully saturated rings. The topological polar surface area (TPSA) is 97.3 Å². The molecule has 0 radical (unpaired) electrons. The number of para-hydroxylation sites is 2. The fraction of sp³-hybridized carbons (Fsp3) is 0.167. The summed E-state index contributed by atoms with van der Waals surface area (Å²) in [4.78, 5) is 18.0. The predicted molar refractivity (Wildman–Crippen MR) is 126 cm³/mol. The summed E-state index contributed by atoms with van der Waals surface area (Å²) in [6.45, 7) is 1.99. The number of methoxy groups -OCH3 is 1. The highest BCUT2D eigenvalue weighted by Gasteiger charge is 2.33. The maximum Gasteiger partial charge on any atom is 0.275 e. The molecular weight excluding hydrogens is 440 g/mol. The number of hydrogen-bond acceptors (Lipinski definition) is 5. The van der Waals surface area contributed by atoms with E-state index in [1.807, 2.05) is 19.1 Å². The third kappa shape index (κ3) is 3.41. The van der Waals surface area contributed by atoms with Gasteiger partial charge in [-0.05, 0) is 49.7 Å². The van der Waals surface area contributed by atoms with Gasteiger partial charge in [-0.1, -0.05) is 29.8 Å². The number of benzene rings is 2. The van der Waals surface area contributed by atoms with Crippen LogP contribution in [-0.4, -0.2) is 36.8 Å². The van der Waals surface area contributed by atoms with E-state index in [9.17, 15) is 13.2 Å². The number of anilines is 1. The van der Waals surface area contributed by atoms with Crippen molar-refractivity contribution in [2.75, 3.05) is 18.0 Å². The first-order chi connectivity index (χ1) is 15.9. The molecule has 2 aromatic heterocycles. The van der Waals surface area contributed by atoms with E-state index in [-0.39, 0.29) is 29.2 Å². The van der Waals surface area contributed by atoms with Crippen molar-refractivity contribution < 1.29 is 13.2 Å². The maximum atomic E-state index is 13.5. The molecule has 4 aromatic rings. The number of pyridine rings is 1. The number of sulfonamides is 1. The van der Waals surface area contributed by atoms with Crippen molar-refractivity contribution in [1.82, 2.24) is 14.8 Å². The molecule has 9 heteroatoms. The van der Waals surface area contributed by atoms with E-state index in [1.165, 1.54) is 8.99 Å². The molecule has 1 N–H and O–H groups in total. The number of rotatable bonds is 4. The molecule has 0 saturated heterocycles. The number of H-pyrrole nitrogens is 1. The molecule has 0 saturated carbocycles. The minimum Gasteiger partial charge on any atom is -0.494 e. The Balaban J connectivity index is 1.67. The van der Waals surface area contributed by atoms with Crippen molar-refractivity contribution in [2.24, 2.45) is 0 Å². The van der Waals surface area contributed by atoms with Gasteiger partial charge in [0, 0.05) is 23.9 Å². The number of ether oxygens (including phenoxy) is 1. The second-order valence-electron chi connectivity index (χ2n) is 7.79. The first-order valence-electron chi connectivity index (χ1n) is 10.4. The molecule has 1 aliphatic rings. The van der Waals surface area contributed by atoms with Crippen LogP contribution in [0.4, 0.5) is 5.82 Å². The van der Waals surface area contributed by atoms with Gasteiger partial charge in [0.1, 0.15) is 11.4 Å². The first-order valence-corrected chi connectivity index (χ1v) is 11.9. The number of nitrogens with one attached hydrogen (secondary N) is 1. The third-order valence-corrected chi connectivity index (χ3v) is 7.58. The van der Waals surface area contributed by atoms with E-state index in [2.05, 4.69) is 10.1 Å². The summed E-state index contributed by atoms with van der Waals surface area (Å²) in [5.41, 5.74) is 2.89. The molecule has 0 aliphatic carbocycles. The smallest absolute Gasteiger partial charge is 0.275 e. The second kappa shape index (κ2) is 7.93. The molecule has 0 spiro atoms. The molecule has 0 amide bonds. The minimum atomic E-state index is -3.87. The van der Waals surface area contributed by atoms with Crippen molar-refractivity contribution in [3.8, 4) is 22.7 Å². The van der Waals surface area contributed by atoms with Gasteiger partial charge >= 0.3 is 0 Å². The van der Waals surface area contributed by atoms with Crippen molar-refractivity contribution in [2.45, 2.75) is 18.2 Å². The second-order valence-corrected chi connectivity index (χ2v) is 9.65. The highest BCUT2D eigenvalue weighted by atomic mass is 32.2. The number of fused-ring (bicyclic) bond motifs is 3. The standard InChI is InChI=1S/C24H22N4O4S/c1-16-9-11-17(12-10-16)33(30,31)27-15-13-19-22(18-6-5-14-25-23(18)27)26-28(24(19)29)20-7-3-4-8-21(20)32-2/h3-12,14,26H,13,15H2,1-2H3. The summed E-state index contributed by atoms with van der Waals surface area (Å²) in [6, 6.07) is 17.4. The molecule has 168 valence electrons. The number of hydrogen-bond donors (Lipinski definition) is 1. The lowest BCUT2D eigenvalue weighted by Crippen LogP contribution is -2.34. The first kappa shape index (κ1) is 21.0. The van der Waals surface area contributed by atoms with Crippen LogP contribution in [0.25, 0.3) is 16.9 Å². The third-order valence-electron chi connectivity index (χ3n) is 5.78. The van der Waals surface area contributed by atoms with Crippen LogP contribution in [0.15, 0.2) is 76.6 Å². The van der Waals surface area contributed by atoms with Gasteiger partial charge in [-0.3, -0.25) is 9.89 Å². The van der Waals surface area contributed by atoms with E-state index in [0.717, 1.165) is 5.56 Å². The summed E-state index contributed by atoms with van der Waals surface area (Å²) in [5, 5.41) is 3.17. The molecule has 8 nitrogen and oxygen atoms in total. The Bertz CT molecular complexity index is 1500.